The van der Waals surface area contributed by atoms with E-state index >= 15 is 0 Å². The minimum absolute atomic E-state index is 0.136. The first kappa shape index (κ1) is 24.2. The minimum Gasteiger partial charge on any atom is -0.468 e. The van der Waals surface area contributed by atoms with Crippen LogP contribution in [0, 0.1) is 20.8 Å². The zero-order chi connectivity index (χ0) is 23.5. The van der Waals surface area contributed by atoms with E-state index in [9.17, 15) is 4.79 Å². The van der Waals surface area contributed by atoms with Gasteiger partial charge in [0.2, 0.25) is 0 Å². The third-order valence-corrected chi connectivity index (χ3v) is 10.8. The van der Waals surface area contributed by atoms with E-state index in [0.717, 1.165) is 0 Å². The molecule has 2 nitrogen and oxygen atoms in total. The fraction of sp³-hybridized carbons (Fsp3) is 0.345. The molecule has 0 aliphatic carbocycles. The van der Waals surface area contributed by atoms with Crippen molar-refractivity contribution in [1.82, 2.24) is 0 Å². The van der Waals surface area contributed by atoms with Gasteiger partial charge in [-0.15, -0.1) is 0 Å². The molecule has 0 saturated carbocycles. The molecular weight excluding hydrogens is 411 g/mol. The maximum atomic E-state index is 13.5. The lowest BCUT2D eigenvalue weighted by Gasteiger charge is -2.48. The Kier molecular flexibility index (Phi) is 7.25. The van der Waals surface area contributed by atoms with Crippen LogP contribution in [0.15, 0.2) is 72.8 Å². The Balaban J connectivity index is 2.48. The number of ether oxygens (including phenoxy) is 1. The van der Waals surface area contributed by atoms with Crippen LogP contribution in [0.3, 0.4) is 0 Å². The van der Waals surface area contributed by atoms with Crippen molar-refractivity contribution in [3.63, 3.8) is 0 Å². The van der Waals surface area contributed by atoms with Crippen LogP contribution in [0.1, 0.15) is 55.0 Å². The van der Waals surface area contributed by atoms with E-state index in [1.807, 2.05) is 0 Å². The van der Waals surface area contributed by atoms with Crippen LogP contribution in [0.5, 0.6) is 0 Å². The van der Waals surface area contributed by atoms with Crippen molar-refractivity contribution in [2.24, 2.45) is 0 Å². The number of hydrogen-bond acceptors (Lipinski definition) is 2. The van der Waals surface area contributed by atoms with E-state index in [4.69, 9.17) is 4.74 Å². The van der Waals surface area contributed by atoms with E-state index in [1.54, 1.807) is 0 Å². The zero-order valence-corrected chi connectivity index (χ0v) is 21.3. The molecule has 3 aromatic rings. The molecule has 168 valence electrons. The first-order valence-corrected chi connectivity index (χ1v) is 12.6. The highest BCUT2D eigenvalue weighted by atomic mass is 31.1. The SMILES string of the molecule is CCC(C)(C(=O)OC)P(c1c(C)cc(C)cc1C)C(C)(c1ccccc1)c1ccccc1. The first-order chi connectivity index (χ1) is 15.2. The quantitative estimate of drug-likeness (QED) is 0.288. The van der Waals surface area contributed by atoms with Gasteiger partial charge in [0.05, 0.1) is 12.3 Å². The summed E-state index contributed by atoms with van der Waals surface area (Å²) in [4.78, 5) is 13.5. The fourth-order valence-corrected chi connectivity index (χ4v) is 9.22. The van der Waals surface area contributed by atoms with Gasteiger partial charge in [-0.05, 0) is 76.5 Å². The molecule has 3 heteroatoms. The second kappa shape index (κ2) is 9.59. The first-order valence-electron chi connectivity index (χ1n) is 11.3. The molecule has 3 rings (SSSR count). The molecule has 0 aliphatic rings. The van der Waals surface area contributed by atoms with Gasteiger partial charge < -0.3 is 4.74 Å². The highest BCUT2D eigenvalue weighted by Gasteiger charge is 2.53. The molecule has 32 heavy (non-hydrogen) atoms. The van der Waals surface area contributed by atoms with Crippen LogP contribution >= 0.6 is 7.92 Å². The summed E-state index contributed by atoms with van der Waals surface area (Å²) in [5.74, 6) is -0.136. The van der Waals surface area contributed by atoms with Crippen LogP contribution in [-0.4, -0.2) is 18.2 Å². The Morgan fingerprint density at radius 1 is 0.844 bits per heavy atom. The highest BCUT2D eigenvalue weighted by molar-refractivity contribution is 7.69. The zero-order valence-electron chi connectivity index (χ0n) is 20.4. The second-order valence-corrected chi connectivity index (χ2v) is 12.0. The number of carbonyl (C=O) groups excluding carboxylic acids is 1. The second-order valence-electron chi connectivity index (χ2n) is 9.01. The number of aryl methyl sites for hydroxylation is 3. The lowest BCUT2D eigenvalue weighted by atomic mass is 9.92. The van der Waals surface area contributed by atoms with Crippen LogP contribution in [-0.2, 0) is 14.7 Å². The Bertz CT molecular complexity index is 1010. The normalized spacial score (nSPS) is 14.5. The molecule has 0 aromatic heterocycles. The number of methoxy groups -OCH3 is 1. The molecule has 0 radical (unpaired) electrons. The minimum atomic E-state index is -1.07. The topological polar surface area (TPSA) is 26.3 Å². The molecule has 2 atom stereocenters. The molecule has 2 unspecified atom stereocenters. The number of esters is 1. The molecule has 0 N–H and O–H groups in total. The summed E-state index contributed by atoms with van der Waals surface area (Å²) in [7, 11) is 0.442. The summed E-state index contributed by atoms with van der Waals surface area (Å²) in [5.41, 5.74) is 6.18. The van der Waals surface area contributed by atoms with Gasteiger partial charge in [0, 0.05) is 5.16 Å². The van der Waals surface area contributed by atoms with Crippen LogP contribution in [0.25, 0.3) is 0 Å². The van der Waals surface area contributed by atoms with Gasteiger partial charge in [-0.1, -0.05) is 85.3 Å². The lowest BCUT2D eigenvalue weighted by molar-refractivity contribution is -0.143. The predicted octanol–water partition coefficient (Wildman–Crippen LogP) is 7.02. The molecular formula is C29H35O2P. The largest absolute Gasteiger partial charge is 0.468 e. The van der Waals surface area contributed by atoms with E-state index in [1.165, 1.54) is 40.2 Å². The van der Waals surface area contributed by atoms with Crippen molar-refractivity contribution in [1.29, 1.82) is 0 Å². The number of benzene rings is 3. The van der Waals surface area contributed by atoms with Gasteiger partial charge >= 0.3 is 5.97 Å². The Hall–Kier alpha value is -2.44. The molecule has 0 saturated heterocycles. The highest BCUT2D eigenvalue weighted by Crippen LogP contribution is 2.67. The van der Waals surface area contributed by atoms with Crippen LogP contribution in [0.2, 0.25) is 0 Å². The molecule has 0 aliphatic heterocycles. The van der Waals surface area contributed by atoms with Crippen molar-refractivity contribution in [3.05, 3.63) is 101 Å². The average molecular weight is 447 g/mol. The standard InChI is InChI=1S/C29H35O2P/c1-8-28(5,27(30)31-7)32(26-22(3)19-21(2)20-23(26)4)29(6,24-15-11-9-12-16-24)25-17-13-10-14-18-25/h9-20H,8H2,1-7H3. The average Bonchev–Trinajstić information content (AvgIpc) is 2.81. The molecule has 0 amide bonds. The molecule has 0 fully saturated rings. The van der Waals surface area contributed by atoms with Crippen LogP contribution in [0.4, 0.5) is 0 Å². The summed E-state index contributed by atoms with van der Waals surface area (Å²) in [6.45, 7) is 13.1. The van der Waals surface area contributed by atoms with Crippen molar-refractivity contribution in [2.75, 3.05) is 7.11 Å². The van der Waals surface area contributed by atoms with Crippen molar-refractivity contribution in [3.8, 4) is 0 Å². The van der Waals surface area contributed by atoms with Gasteiger partial charge in [-0.25, -0.2) is 0 Å². The smallest absolute Gasteiger partial charge is 0.316 e. The summed E-state index contributed by atoms with van der Waals surface area (Å²) < 4.78 is 5.46. The van der Waals surface area contributed by atoms with Gasteiger partial charge in [-0.3, -0.25) is 4.79 Å². The maximum Gasteiger partial charge on any atom is 0.316 e. The number of carbonyl (C=O) groups is 1. The van der Waals surface area contributed by atoms with E-state index in [2.05, 4.69) is 114 Å². The molecule has 0 heterocycles. The third-order valence-electron chi connectivity index (χ3n) is 6.79. The lowest BCUT2D eigenvalue weighted by Crippen LogP contribution is -2.44. The van der Waals surface area contributed by atoms with Crippen molar-refractivity contribution < 1.29 is 9.53 Å². The Morgan fingerprint density at radius 3 is 1.66 bits per heavy atom. The van der Waals surface area contributed by atoms with E-state index in [0.29, 0.717) is 6.42 Å². The fourth-order valence-electron chi connectivity index (χ4n) is 5.05. The number of hydrogen-bond donors (Lipinski definition) is 0. The van der Waals surface area contributed by atoms with Crippen molar-refractivity contribution in [2.45, 2.75) is 58.3 Å². The number of rotatable bonds is 7. The Labute approximate surface area is 194 Å². The van der Waals surface area contributed by atoms with Gasteiger partial charge in [0.15, 0.2) is 0 Å². The summed E-state index contributed by atoms with van der Waals surface area (Å²) >= 11 is 0. The Morgan fingerprint density at radius 2 is 1.28 bits per heavy atom. The molecule has 0 spiro atoms. The monoisotopic (exact) mass is 446 g/mol. The predicted molar refractivity (Wildman–Crippen MR) is 137 cm³/mol. The molecule has 0 bridgehead atoms. The summed E-state index contributed by atoms with van der Waals surface area (Å²) in [6, 6.07) is 25.8. The van der Waals surface area contributed by atoms with Crippen LogP contribution < -0.4 is 5.30 Å². The summed E-state index contributed by atoms with van der Waals surface area (Å²) in [6.07, 6.45) is 0.702. The van der Waals surface area contributed by atoms with E-state index in [-0.39, 0.29) is 11.1 Å². The maximum absolute atomic E-state index is 13.5. The van der Waals surface area contributed by atoms with Gasteiger partial charge in [0.1, 0.15) is 0 Å². The van der Waals surface area contributed by atoms with Gasteiger partial charge in [0.25, 0.3) is 0 Å². The van der Waals surface area contributed by atoms with Crippen molar-refractivity contribution >= 4 is 19.2 Å². The summed E-state index contributed by atoms with van der Waals surface area (Å²) in [5, 5.41) is 0.257. The van der Waals surface area contributed by atoms with E-state index < -0.39 is 13.1 Å². The van der Waals surface area contributed by atoms with Gasteiger partial charge in [-0.2, -0.15) is 0 Å². The third kappa shape index (κ3) is 4.14. The molecule has 3 aromatic carbocycles.